The molecule has 2 heterocycles. The molecule has 0 unspecified atom stereocenters. The summed E-state index contributed by atoms with van der Waals surface area (Å²) in [6.07, 6.45) is 1.93. The zero-order valence-corrected chi connectivity index (χ0v) is 12.5. The van der Waals surface area contributed by atoms with Crippen LogP contribution in [-0.2, 0) is 29.5 Å². The van der Waals surface area contributed by atoms with Crippen LogP contribution in [-0.4, -0.2) is 34.5 Å². The van der Waals surface area contributed by atoms with E-state index in [4.69, 9.17) is 5.73 Å². The minimum absolute atomic E-state index is 0.119. The van der Waals surface area contributed by atoms with Gasteiger partial charge in [-0.3, -0.25) is 0 Å². The van der Waals surface area contributed by atoms with Gasteiger partial charge in [0.05, 0.1) is 12.2 Å². The molecule has 0 atom stereocenters. The summed E-state index contributed by atoms with van der Waals surface area (Å²) >= 11 is 0. The first-order valence-electron chi connectivity index (χ1n) is 6.72. The minimum atomic E-state index is -3.64. The number of aromatic nitrogens is 3. The Labute approximate surface area is 123 Å². The second kappa shape index (κ2) is 5.12. The number of nitrogen functional groups attached to an aromatic ring is 1. The van der Waals surface area contributed by atoms with Gasteiger partial charge in [0.25, 0.3) is 0 Å². The fourth-order valence-corrected chi connectivity index (χ4v) is 3.73. The normalized spacial score (nSPS) is 14.6. The second-order valence-electron chi connectivity index (χ2n) is 5.09. The van der Waals surface area contributed by atoms with Crippen LogP contribution in [0.25, 0.3) is 0 Å². The van der Waals surface area contributed by atoms with Crippen LogP contribution < -0.4 is 5.73 Å². The van der Waals surface area contributed by atoms with Crippen molar-refractivity contribution in [2.24, 2.45) is 0 Å². The van der Waals surface area contributed by atoms with Crippen molar-refractivity contribution in [3.63, 3.8) is 0 Å². The quantitative estimate of drug-likeness (QED) is 0.836. The number of hydrogen-bond acceptors (Lipinski definition) is 5. The smallest absolute Gasteiger partial charge is 0.245 e. The third kappa shape index (κ3) is 2.40. The number of nitrogens with two attached hydrogens (primary N) is 1. The Hall–Kier alpha value is -1.93. The maximum Gasteiger partial charge on any atom is 0.245 e. The molecule has 8 heteroatoms. The molecule has 2 aromatic rings. The largest absolute Gasteiger partial charge is 0.398 e. The van der Waals surface area contributed by atoms with E-state index >= 15 is 0 Å². The first-order valence-corrected chi connectivity index (χ1v) is 8.16. The van der Waals surface area contributed by atoms with Gasteiger partial charge in [-0.25, -0.2) is 8.42 Å². The molecule has 2 N–H and O–H groups in total. The molecule has 0 amide bonds. The highest BCUT2D eigenvalue weighted by molar-refractivity contribution is 7.89. The Morgan fingerprint density at radius 2 is 2.10 bits per heavy atom. The fourth-order valence-electron chi connectivity index (χ4n) is 2.50. The van der Waals surface area contributed by atoms with Crippen molar-refractivity contribution in [1.29, 1.82) is 0 Å². The third-order valence-electron chi connectivity index (χ3n) is 3.66. The van der Waals surface area contributed by atoms with Crippen LogP contribution in [0.15, 0.2) is 29.2 Å². The van der Waals surface area contributed by atoms with E-state index in [-0.39, 0.29) is 17.1 Å². The summed E-state index contributed by atoms with van der Waals surface area (Å²) < 4.78 is 28.4. The second-order valence-corrected chi connectivity index (χ2v) is 7.10. The lowest BCUT2D eigenvalue weighted by Gasteiger charge is -2.18. The van der Waals surface area contributed by atoms with Gasteiger partial charge in [0.2, 0.25) is 10.0 Å². The summed E-state index contributed by atoms with van der Waals surface area (Å²) in [7, 11) is -2.11. The van der Waals surface area contributed by atoms with E-state index < -0.39 is 10.0 Å². The van der Waals surface area contributed by atoms with Gasteiger partial charge in [-0.15, -0.1) is 10.2 Å². The Bertz CT molecular complexity index is 769. The van der Waals surface area contributed by atoms with Crippen molar-refractivity contribution >= 4 is 15.7 Å². The Kier molecular flexibility index (Phi) is 3.42. The van der Waals surface area contributed by atoms with Gasteiger partial charge in [-0.1, -0.05) is 12.1 Å². The first-order chi connectivity index (χ1) is 10.00. The highest BCUT2D eigenvalue weighted by Crippen LogP contribution is 2.23. The number of nitrogens with zero attached hydrogens (tertiary/aromatic N) is 4. The number of anilines is 1. The van der Waals surface area contributed by atoms with E-state index in [9.17, 15) is 8.42 Å². The molecular weight excluding hydrogens is 290 g/mol. The molecule has 7 nitrogen and oxygen atoms in total. The van der Waals surface area contributed by atoms with Crippen molar-refractivity contribution in [3.05, 3.63) is 35.9 Å². The van der Waals surface area contributed by atoms with Crippen molar-refractivity contribution < 1.29 is 8.42 Å². The minimum Gasteiger partial charge on any atom is -0.398 e. The Morgan fingerprint density at radius 1 is 1.33 bits per heavy atom. The van der Waals surface area contributed by atoms with Crippen molar-refractivity contribution in [3.8, 4) is 0 Å². The lowest BCUT2D eigenvalue weighted by molar-refractivity contribution is 0.447. The summed E-state index contributed by atoms with van der Waals surface area (Å²) in [5, 5.41) is 8.17. The van der Waals surface area contributed by atoms with Gasteiger partial charge < -0.3 is 10.3 Å². The maximum absolute atomic E-state index is 12.6. The van der Waals surface area contributed by atoms with E-state index in [0.29, 0.717) is 5.82 Å². The Morgan fingerprint density at radius 3 is 2.86 bits per heavy atom. The summed E-state index contributed by atoms with van der Waals surface area (Å²) in [4.78, 5) is 0.119. The van der Waals surface area contributed by atoms with Crippen LogP contribution in [0.3, 0.4) is 0 Å². The molecule has 0 radical (unpaired) electrons. The number of sulfonamides is 1. The van der Waals surface area contributed by atoms with Gasteiger partial charge in [0.1, 0.15) is 16.5 Å². The van der Waals surface area contributed by atoms with Gasteiger partial charge in [0.15, 0.2) is 0 Å². The summed E-state index contributed by atoms with van der Waals surface area (Å²) in [6, 6.07) is 6.45. The molecule has 0 spiro atoms. The van der Waals surface area contributed by atoms with Gasteiger partial charge in [0, 0.05) is 20.0 Å². The highest BCUT2D eigenvalue weighted by atomic mass is 32.2. The van der Waals surface area contributed by atoms with Crippen LogP contribution in [0, 0.1) is 0 Å². The van der Waals surface area contributed by atoms with Crippen LogP contribution in [0.5, 0.6) is 0 Å². The number of para-hydroxylation sites is 1. The molecule has 0 saturated heterocycles. The topological polar surface area (TPSA) is 94.1 Å². The van der Waals surface area contributed by atoms with Crippen molar-refractivity contribution in [1.82, 2.24) is 19.1 Å². The predicted molar refractivity (Wildman–Crippen MR) is 77.9 cm³/mol. The standard InChI is InChI=1S/C13H17N5O2S/c1-17(9-13-16-15-12-7-4-8-18(12)13)21(19,20)11-6-3-2-5-10(11)14/h2-3,5-6H,4,7-9,14H2,1H3. The van der Waals surface area contributed by atoms with Gasteiger partial charge in [-0.05, 0) is 18.6 Å². The zero-order valence-electron chi connectivity index (χ0n) is 11.7. The third-order valence-corrected chi connectivity index (χ3v) is 5.53. The summed E-state index contributed by atoms with van der Waals surface area (Å²) in [5.41, 5.74) is 6.02. The average molecular weight is 307 g/mol. The van der Waals surface area contributed by atoms with E-state index in [1.807, 2.05) is 4.57 Å². The predicted octanol–water partition coefficient (Wildman–Crippen LogP) is 0.627. The highest BCUT2D eigenvalue weighted by Gasteiger charge is 2.26. The molecule has 0 bridgehead atoms. The maximum atomic E-state index is 12.6. The molecule has 112 valence electrons. The van der Waals surface area contributed by atoms with E-state index in [1.54, 1.807) is 18.2 Å². The summed E-state index contributed by atoms with van der Waals surface area (Å²) in [6.45, 7) is 1.03. The SMILES string of the molecule is CN(Cc1nnc2n1CCC2)S(=O)(=O)c1ccccc1N. The van der Waals surface area contributed by atoms with E-state index in [2.05, 4.69) is 10.2 Å². The zero-order chi connectivity index (χ0) is 15.0. The van der Waals surface area contributed by atoms with Crippen LogP contribution in [0.2, 0.25) is 0 Å². The van der Waals surface area contributed by atoms with E-state index in [1.165, 1.54) is 17.4 Å². The van der Waals surface area contributed by atoms with E-state index in [0.717, 1.165) is 25.2 Å². The van der Waals surface area contributed by atoms with Gasteiger partial charge >= 0.3 is 0 Å². The molecule has 21 heavy (non-hydrogen) atoms. The number of aryl methyl sites for hydroxylation is 1. The molecular formula is C13H17N5O2S. The molecule has 0 aliphatic carbocycles. The van der Waals surface area contributed by atoms with Gasteiger partial charge in [-0.2, -0.15) is 4.31 Å². The number of hydrogen-bond donors (Lipinski definition) is 1. The van der Waals surface area contributed by atoms with Crippen LogP contribution >= 0.6 is 0 Å². The number of benzene rings is 1. The first kappa shape index (κ1) is 14.0. The lowest BCUT2D eigenvalue weighted by atomic mass is 10.3. The number of fused-ring (bicyclic) bond motifs is 1. The molecule has 3 rings (SSSR count). The molecule has 1 aliphatic rings. The monoisotopic (exact) mass is 307 g/mol. The molecule has 1 aromatic carbocycles. The molecule has 1 aliphatic heterocycles. The molecule has 0 saturated carbocycles. The average Bonchev–Trinajstić information content (AvgIpc) is 3.04. The fraction of sp³-hybridized carbons (Fsp3) is 0.385. The molecule has 0 fully saturated rings. The van der Waals surface area contributed by atoms with Crippen molar-refractivity contribution in [2.45, 2.75) is 30.8 Å². The Balaban J connectivity index is 1.88. The lowest BCUT2D eigenvalue weighted by Crippen LogP contribution is -2.28. The number of rotatable bonds is 4. The van der Waals surface area contributed by atoms with Crippen molar-refractivity contribution in [2.75, 3.05) is 12.8 Å². The van der Waals surface area contributed by atoms with Crippen LogP contribution in [0.1, 0.15) is 18.1 Å². The molecule has 1 aromatic heterocycles. The van der Waals surface area contributed by atoms with Crippen LogP contribution in [0.4, 0.5) is 5.69 Å². The summed E-state index contributed by atoms with van der Waals surface area (Å²) in [5.74, 6) is 1.60.